The van der Waals surface area contributed by atoms with Crippen molar-refractivity contribution in [2.45, 2.75) is 51.2 Å². The molecule has 2 N–H and O–H groups in total. The van der Waals surface area contributed by atoms with Gasteiger partial charge in [-0.05, 0) is 12.8 Å². The predicted molar refractivity (Wildman–Crippen MR) is 71.1 cm³/mol. The molecular weight excluding hydrogens is 226 g/mol. The molecule has 5 heteroatoms. The second kappa shape index (κ2) is 5.00. The lowest BCUT2D eigenvalue weighted by Gasteiger charge is -2.29. The molecule has 0 saturated heterocycles. The molecule has 0 unspecified atom stereocenters. The third-order valence-electron chi connectivity index (χ3n) is 3.96. The Bertz CT molecular complexity index is 430. The normalized spacial score (nSPS) is 22.0. The number of fused-ring (bicyclic) bond motifs is 1. The van der Waals surface area contributed by atoms with Gasteiger partial charge in [0.05, 0.1) is 12.6 Å². The minimum Gasteiger partial charge on any atom is -0.370 e. The van der Waals surface area contributed by atoms with Crippen LogP contribution in [0.15, 0.2) is 17.4 Å². The number of aromatic nitrogens is 2. The van der Waals surface area contributed by atoms with Gasteiger partial charge in [0.2, 0.25) is 0 Å². The molecule has 0 spiro atoms. The summed E-state index contributed by atoms with van der Waals surface area (Å²) in [5.74, 6) is 1.79. The maximum Gasteiger partial charge on any atom is 0.192 e. The lowest BCUT2D eigenvalue weighted by atomic mass is 9.96. The van der Waals surface area contributed by atoms with Gasteiger partial charge < -0.3 is 15.2 Å². The van der Waals surface area contributed by atoms with E-state index in [1.165, 1.54) is 32.1 Å². The highest BCUT2D eigenvalue weighted by atomic mass is 15.3. The van der Waals surface area contributed by atoms with Gasteiger partial charge in [-0.1, -0.05) is 19.3 Å². The summed E-state index contributed by atoms with van der Waals surface area (Å²) in [7, 11) is 0. The van der Waals surface area contributed by atoms with Crippen molar-refractivity contribution >= 4 is 5.96 Å². The Morgan fingerprint density at radius 1 is 1.28 bits per heavy atom. The van der Waals surface area contributed by atoms with Crippen LogP contribution in [0.4, 0.5) is 0 Å². The molecule has 1 aromatic rings. The van der Waals surface area contributed by atoms with Crippen molar-refractivity contribution in [3.05, 3.63) is 18.2 Å². The number of nitrogens with two attached hydrogens (primary N) is 1. The molecule has 1 saturated carbocycles. The average molecular weight is 247 g/mol. The van der Waals surface area contributed by atoms with Gasteiger partial charge in [-0.15, -0.1) is 0 Å². The van der Waals surface area contributed by atoms with Crippen LogP contribution in [0.3, 0.4) is 0 Å². The lowest BCUT2D eigenvalue weighted by molar-refractivity contribution is 0.322. The lowest BCUT2D eigenvalue weighted by Crippen LogP contribution is -2.43. The summed E-state index contributed by atoms with van der Waals surface area (Å²) in [5.41, 5.74) is 6.14. The highest BCUT2D eigenvalue weighted by Gasteiger charge is 2.19. The van der Waals surface area contributed by atoms with Crippen LogP contribution in [0.25, 0.3) is 0 Å². The fourth-order valence-electron chi connectivity index (χ4n) is 2.85. The molecule has 1 aromatic heterocycles. The molecule has 1 aliphatic heterocycles. The first-order valence-electron chi connectivity index (χ1n) is 6.91. The molecule has 0 radical (unpaired) electrons. The predicted octanol–water partition coefficient (Wildman–Crippen LogP) is 1.35. The minimum atomic E-state index is 0.445. The van der Waals surface area contributed by atoms with Gasteiger partial charge in [0.1, 0.15) is 5.82 Å². The van der Waals surface area contributed by atoms with E-state index in [4.69, 9.17) is 10.7 Å². The second-order valence-electron chi connectivity index (χ2n) is 5.24. The standard InChI is InChI=1S/C13H21N5/c14-13(16-11-4-2-1-3-5-11)18-9-8-17-7-6-15-12(17)10-18/h6-7,11H,1-5,8-10H2,(H2,14,16). The van der Waals surface area contributed by atoms with E-state index in [1.807, 2.05) is 12.4 Å². The average Bonchev–Trinajstić information content (AvgIpc) is 2.87. The van der Waals surface area contributed by atoms with Gasteiger partial charge in [-0.3, -0.25) is 0 Å². The zero-order valence-corrected chi connectivity index (χ0v) is 10.8. The van der Waals surface area contributed by atoms with E-state index < -0.39 is 0 Å². The van der Waals surface area contributed by atoms with Gasteiger partial charge in [0.15, 0.2) is 5.96 Å². The van der Waals surface area contributed by atoms with Crippen molar-refractivity contribution in [2.24, 2.45) is 10.7 Å². The first-order valence-corrected chi connectivity index (χ1v) is 6.91. The van der Waals surface area contributed by atoms with Crippen molar-refractivity contribution in [3.63, 3.8) is 0 Å². The Morgan fingerprint density at radius 3 is 2.94 bits per heavy atom. The Kier molecular flexibility index (Phi) is 3.21. The van der Waals surface area contributed by atoms with Crippen molar-refractivity contribution in [1.82, 2.24) is 14.5 Å². The summed E-state index contributed by atoms with van der Waals surface area (Å²) in [6, 6.07) is 0.445. The molecule has 2 aliphatic rings. The smallest absolute Gasteiger partial charge is 0.192 e. The zero-order valence-electron chi connectivity index (χ0n) is 10.8. The summed E-state index contributed by atoms with van der Waals surface area (Å²) < 4.78 is 2.18. The Balaban J connectivity index is 1.66. The maximum atomic E-state index is 6.14. The van der Waals surface area contributed by atoms with Crippen molar-refractivity contribution in [1.29, 1.82) is 0 Å². The number of hydrogen-bond acceptors (Lipinski definition) is 2. The van der Waals surface area contributed by atoms with Crippen LogP contribution < -0.4 is 5.73 Å². The van der Waals surface area contributed by atoms with Crippen LogP contribution in [0, 0.1) is 0 Å². The quantitative estimate of drug-likeness (QED) is 0.602. The van der Waals surface area contributed by atoms with E-state index in [2.05, 4.69) is 14.5 Å². The SMILES string of the molecule is NC(=NC1CCCCC1)N1CCn2ccnc2C1. The number of rotatable bonds is 1. The van der Waals surface area contributed by atoms with Crippen molar-refractivity contribution in [2.75, 3.05) is 6.54 Å². The first-order chi connectivity index (χ1) is 8.83. The van der Waals surface area contributed by atoms with Gasteiger partial charge in [-0.2, -0.15) is 0 Å². The van der Waals surface area contributed by atoms with Crippen LogP contribution >= 0.6 is 0 Å². The van der Waals surface area contributed by atoms with E-state index in [-0.39, 0.29) is 0 Å². The molecule has 1 fully saturated rings. The third kappa shape index (κ3) is 2.35. The summed E-state index contributed by atoms with van der Waals surface area (Å²) in [4.78, 5) is 11.2. The fourth-order valence-corrected chi connectivity index (χ4v) is 2.85. The van der Waals surface area contributed by atoms with Gasteiger partial charge >= 0.3 is 0 Å². The van der Waals surface area contributed by atoms with E-state index in [0.717, 1.165) is 25.5 Å². The fraction of sp³-hybridized carbons (Fsp3) is 0.692. The van der Waals surface area contributed by atoms with E-state index in [0.29, 0.717) is 12.0 Å². The summed E-state index contributed by atoms with van der Waals surface area (Å²) in [6.07, 6.45) is 10.2. The summed E-state index contributed by atoms with van der Waals surface area (Å²) in [6.45, 7) is 2.68. The highest BCUT2D eigenvalue weighted by molar-refractivity contribution is 5.78. The molecule has 18 heavy (non-hydrogen) atoms. The molecule has 0 bridgehead atoms. The van der Waals surface area contributed by atoms with Gasteiger partial charge in [-0.25, -0.2) is 9.98 Å². The van der Waals surface area contributed by atoms with Crippen LogP contribution in [0.2, 0.25) is 0 Å². The van der Waals surface area contributed by atoms with E-state index >= 15 is 0 Å². The summed E-state index contributed by atoms with van der Waals surface area (Å²) in [5, 5.41) is 0. The number of imidazole rings is 1. The van der Waals surface area contributed by atoms with Crippen LogP contribution in [0.5, 0.6) is 0 Å². The molecule has 5 nitrogen and oxygen atoms in total. The Labute approximate surface area is 108 Å². The summed E-state index contributed by atoms with van der Waals surface area (Å²) >= 11 is 0. The third-order valence-corrected chi connectivity index (χ3v) is 3.96. The molecule has 98 valence electrons. The van der Waals surface area contributed by atoms with E-state index in [1.54, 1.807) is 0 Å². The zero-order chi connectivity index (χ0) is 12.4. The number of hydrogen-bond donors (Lipinski definition) is 1. The van der Waals surface area contributed by atoms with Crippen LogP contribution in [-0.4, -0.2) is 33.0 Å². The molecule has 1 aliphatic carbocycles. The number of aliphatic imine (C=N–C) groups is 1. The van der Waals surface area contributed by atoms with Crippen LogP contribution in [-0.2, 0) is 13.1 Å². The molecular formula is C13H21N5. The minimum absolute atomic E-state index is 0.445. The largest absolute Gasteiger partial charge is 0.370 e. The van der Waals surface area contributed by atoms with Gasteiger partial charge in [0, 0.05) is 25.5 Å². The second-order valence-corrected chi connectivity index (χ2v) is 5.24. The molecule has 0 aromatic carbocycles. The molecule has 2 heterocycles. The highest BCUT2D eigenvalue weighted by Crippen LogP contribution is 2.20. The monoisotopic (exact) mass is 247 g/mol. The van der Waals surface area contributed by atoms with Gasteiger partial charge in [0.25, 0.3) is 0 Å². The Hall–Kier alpha value is -1.52. The topological polar surface area (TPSA) is 59.4 Å². The van der Waals surface area contributed by atoms with Crippen LogP contribution in [0.1, 0.15) is 37.9 Å². The number of guanidine groups is 1. The van der Waals surface area contributed by atoms with Crippen molar-refractivity contribution in [3.8, 4) is 0 Å². The van der Waals surface area contributed by atoms with E-state index in [9.17, 15) is 0 Å². The maximum absolute atomic E-state index is 6.14. The first kappa shape index (κ1) is 11.6. The number of nitrogens with zero attached hydrogens (tertiary/aromatic N) is 4. The molecule has 3 rings (SSSR count). The van der Waals surface area contributed by atoms with Crippen molar-refractivity contribution < 1.29 is 0 Å². The molecule has 0 amide bonds. The Morgan fingerprint density at radius 2 is 2.11 bits per heavy atom. The molecule has 0 atom stereocenters.